The van der Waals surface area contributed by atoms with Crippen molar-refractivity contribution in [3.05, 3.63) is 35.6 Å². The van der Waals surface area contributed by atoms with Gasteiger partial charge in [0.05, 0.1) is 13.1 Å². The highest BCUT2D eigenvalue weighted by Crippen LogP contribution is 2.25. The molecule has 0 radical (unpaired) electrons. The molecule has 0 saturated heterocycles. The first-order chi connectivity index (χ1) is 11.9. The Morgan fingerprint density at radius 1 is 1.32 bits per heavy atom. The molecule has 0 atom stereocenters. The largest absolute Gasteiger partial charge is 0.480 e. The summed E-state index contributed by atoms with van der Waals surface area (Å²) in [5.41, 5.74) is 0.156. The topological polar surface area (TPSA) is 98.7 Å². The molecule has 25 heavy (non-hydrogen) atoms. The lowest BCUT2D eigenvalue weighted by molar-refractivity contribution is -0.139. The first kappa shape index (κ1) is 18.9. The Balaban J connectivity index is 1.70. The van der Waals surface area contributed by atoms with Crippen LogP contribution >= 0.6 is 0 Å². The number of aliphatic carboxylic acids is 1. The summed E-state index contributed by atoms with van der Waals surface area (Å²) in [4.78, 5) is 36.3. The monoisotopic (exact) mass is 351 g/mol. The number of carboxylic acids is 1. The number of rotatable bonds is 8. The average Bonchev–Trinajstić information content (AvgIpc) is 2.53. The van der Waals surface area contributed by atoms with Gasteiger partial charge in [-0.25, -0.2) is 4.39 Å². The van der Waals surface area contributed by atoms with Crippen molar-refractivity contribution < 1.29 is 23.9 Å². The Kier molecular flexibility index (Phi) is 6.46. The summed E-state index contributed by atoms with van der Waals surface area (Å²) in [5.74, 6) is -2.22. The third-order valence-electron chi connectivity index (χ3n) is 4.24. The Bertz CT molecular complexity index is 647. The van der Waals surface area contributed by atoms with Crippen LogP contribution in [0.1, 0.15) is 30.1 Å². The molecule has 136 valence electrons. The van der Waals surface area contributed by atoms with Crippen molar-refractivity contribution in [1.29, 1.82) is 0 Å². The highest BCUT2D eigenvalue weighted by Gasteiger charge is 2.34. The van der Waals surface area contributed by atoms with Crippen LogP contribution in [0.2, 0.25) is 0 Å². The number of amides is 2. The van der Waals surface area contributed by atoms with Crippen LogP contribution in [0.5, 0.6) is 0 Å². The Labute approximate surface area is 145 Å². The molecule has 0 aliphatic heterocycles. The second-order valence-corrected chi connectivity index (χ2v) is 6.04. The normalized spacial score (nSPS) is 19.2. The molecule has 2 rings (SSSR count). The molecule has 1 aromatic rings. The van der Waals surface area contributed by atoms with Gasteiger partial charge in [-0.05, 0) is 37.6 Å². The van der Waals surface area contributed by atoms with Gasteiger partial charge in [-0.1, -0.05) is 13.0 Å². The van der Waals surface area contributed by atoms with E-state index in [1.807, 2.05) is 11.8 Å². The molecule has 1 saturated carbocycles. The zero-order valence-electron chi connectivity index (χ0n) is 14.0. The SMILES string of the molecule is CCN(CC(=O)O)C1CC(NC(=O)CNC(=O)c2cccc(F)c2)C1. The minimum atomic E-state index is -0.866. The zero-order valence-corrected chi connectivity index (χ0v) is 14.0. The van der Waals surface area contributed by atoms with E-state index in [9.17, 15) is 18.8 Å². The average molecular weight is 351 g/mol. The van der Waals surface area contributed by atoms with Crippen molar-refractivity contribution in [1.82, 2.24) is 15.5 Å². The fourth-order valence-electron chi connectivity index (χ4n) is 2.85. The van der Waals surface area contributed by atoms with Crippen molar-refractivity contribution in [2.24, 2.45) is 0 Å². The van der Waals surface area contributed by atoms with Crippen molar-refractivity contribution in [3.8, 4) is 0 Å². The quantitative estimate of drug-likeness (QED) is 0.637. The molecular weight excluding hydrogens is 329 g/mol. The van der Waals surface area contributed by atoms with Gasteiger partial charge < -0.3 is 15.7 Å². The summed E-state index contributed by atoms with van der Waals surface area (Å²) >= 11 is 0. The number of halogens is 1. The minimum absolute atomic E-state index is 0.00841. The number of carboxylic acid groups (broad SMARTS) is 1. The van der Waals surface area contributed by atoms with Gasteiger partial charge in [0.1, 0.15) is 5.82 Å². The molecule has 1 aliphatic rings. The van der Waals surface area contributed by atoms with Crippen LogP contribution in [-0.4, -0.2) is 59.5 Å². The number of likely N-dealkylation sites (N-methyl/N-ethyl adjacent to an activating group) is 1. The van der Waals surface area contributed by atoms with Gasteiger partial charge in [0.15, 0.2) is 0 Å². The van der Waals surface area contributed by atoms with Crippen LogP contribution in [0.4, 0.5) is 4.39 Å². The number of benzene rings is 1. The maximum atomic E-state index is 13.1. The Hall–Kier alpha value is -2.48. The van der Waals surface area contributed by atoms with Crippen LogP contribution in [0.25, 0.3) is 0 Å². The van der Waals surface area contributed by atoms with E-state index in [4.69, 9.17) is 5.11 Å². The molecule has 2 amide bonds. The smallest absolute Gasteiger partial charge is 0.317 e. The fourth-order valence-corrected chi connectivity index (χ4v) is 2.85. The molecule has 3 N–H and O–H groups in total. The molecular formula is C17H22FN3O4. The number of nitrogens with zero attached hydrogens (tertiary/aromatic N) is 1. The number of hydrogen-bond donors (Lipinski definition) is 3. The van der Waals surface area contributed by atoms with E-state index in [0.29, 0.717) is 19.4 Å². The molecule has 0 heterocycles. The van der Waals surface area contributed by atoms with Gasteiger partial charge >= 0.3 is 5.97 Å². The molecule has 0 bridgehead atoms. The van der Waals surface area contributed by atoms with E-state index in [-0.39, 0.29) is 36.6 Å². The van der Waals surface area contributed by atoms with E-state index in [1.54, 1.807) is 0 Å². The predicted octanol–water partition coefficient (Wildman–Crippen LogP) is 0.609. The standard InChI is InChI=1S/C17H22FN3O4/c1-2-21(10-16(23)24)14-7-13(8-14)20-15(22)9-19-17(25)11-4-3-5-12(18)6-11/h3-6,13-14H,2,7-10H2,1H3,(H,19,25)(H,20,22)(H,23,24). The second-order valence-electron chi connectivity index (χ2n) is 6.04. The van der Waals surface area contributed by atoms with Gasteiger partial charge in [0, 0.05) is 17.6 Å². The first-order valence-electron chi connectivity index (χ1n) is 8.18. The van der Waals surface area contributed by atoms with Gasteiger partial charge in [-0.2, -0.15) is 0 Å². The maximum absolute atomic E-state index is 13.1. The minimum Gasteiger partial charge on any atom is -0.480 e. The zero-order chi connectivity index (χ0) is 18.4. The lowest BCUT2D eigenvalue weighted by Gasteiger charge is -2.42. The summed E-state index contributed by atoms with van der Waals surface area (Å²) in [5, 5.41) is 14.1. The number of nitrogens with one attached hydrogen (secondary N) is 2. The summed E-state index contributed by atoms with van der Waals surface area (Å²) in [7, 11) is 0. The highest BCUT2D eigenvalue weighted by atomic mass is 19.1. The molecule has 1 fully saturated rings. The molecule has 8 heteroatoms. The van der Waals surface area contributed by atoms with Crippen LogP contribution in [0.3, 0.4) is 0 Å². The number of hydrogen-bond acceptors (Lipinski definition) is 4. The lowest BCUT2D eigenvalue weighted by Crippen LogP contribution is -2.55. The summed E-state index contributed by atoms with van der Waals surface area (Å²) in [6, 6.07) is 5.36. The molecule has 1 aliphatic carbocycles. The molecule has 7 nitrogen and oxygen atoms in total. The van der Waals surface area contributed by atoms with Crippen molar-refractivity contribution in [2.75, 3.05) is 19.6 Å². The number of carbonyl (C=O) groups is 3. The van der Waals surface area contributed by atoms with Gasteiger partial charge in [0.25, 0.3) is 5.91 Å². The lowest BCUT2D eigenvalue weighted by atomic mass is 9.85. The summed E-state index contributed by atoms with van der Waals surface area (Å²) in [6.45, 7) is 2.34. The van der Waals surface area contributed by atoms with E-state index in [1.165, 1.54) is 18.2 Å². The van der Waals surface area contributed by atoms with Gasteiger partial charge in [-0.15, -0.1) is 0 Å². The highest BCUT2D eigenvalue weighted by molar-refractivity contribution is 5.96. The summed E-state index contributed by atoms with van der Waals surface area (Å²) < 4.78 is 13.1. The number of carbonyl (C=O) groups excluding carboxylic acids is 2. The van der Waals surface area contributed by atoms with Crippen LogP contribution in [0, 0.1) is 5.82 Å². The van der Waals surface area contributed by atoms with Crippen LogP contribution < -0.4 is 10.6 Å². The van der Waals surface area contributed by atoms with Gasteiger partial charge in [-0.3, -0.25) is 19.3 Å². The maximum Gasteiger partial charge on any atom is 0.317 e. The van der Waals surface area contributed by atoms with Gasteiger partial charge in [0.2, 0.25) is 5.91 Å². The van der Waals surface area contributed by atoms with E-state index >= 15 is 0 Å². The van der Waals surface area contributed by atoms with Crippen molar-refractivity contribution in [2.45, 2.75) is 31.8 Å². The molecule has 0 spiro atoms. The van der Waals surface area contributed by atoms with E-state index in [2.05, 4.69) is 10.6 Å². The van der Waals surface area contributed by atoms with Crippen LogP contribution in [-0.2, 0) is 9.59 Å². The van der Waals surface area contributed by atoms with E-state index < -0.39 is 17.7 Å². The predicted molar refractivity (Wildman–Crippen MR) is 88.6 cm³/mol. The third-order valence-corrected chi connectivity index (χ3v) is 4.24. The Morgan fingerprint density at radius 2 is 2.04 bits per heavy atom. The summed E-state index contributed by atoms with van der Waals surface area (Å²) in [6.07, 6.45) is 1.37. The van der Waals surface area contributed by atoms with Crippen LogP contribution in [0.15, 0.2) is 24.3 Å². The van der Waals surface area contributed by atoms with E-state index in [0.717, 1.165) is 6.07 Å². The fraction of sp³-hybridized carbons (Fsp3) is 0.471. The third kappa shape index (κ3) is 5.53. The van der Waals surface area contributed by atoms with Crippen molar-refractivity contribution >= 4 is 17.8 Å². The Morgan fingerprint density at radius 3 is 2.64 bits per heavy atom. The molecule has 1 aromatic carbocycles. The second kappa shape index (κ2) is 8.57. The molecule has 0 aromatic heterocycles. The first-order valence-corrected chi connectivity index (χ1v) is 8.18. The molecule has 0 unspecified atom stereocenters. The van der Waals surface area contributed by atoms with Crippen molar-refractivity contribution in [3.63, 3.8) is 0 Å².